The lowest BCUT2D eigenvalue weighted by molar-refractivity contribution is -0.0825. The summed E-state index contributed by atoms with van der Waals surface area (Å²) in [5.41, 5.74) is 0.450. The van der Waals surface area contributed by atoms with Crippen LogP contribution in [0.3, 0.4) is 0 Å². The van der Waals surface area contributed by atoms with Crippen molar-refractivity contribution in [2.24, 2.45) is 0 Å². The zero-order valence-electron chi connectivity index (χ0n) is 15.3. The number of likely N-dealkylation sites (N-methyl/N-ethyl adjacent to an activating group) is 1. The van der Waals surface area contributed by atoms with E-state index in [0.717, 1.165) is 37.4 Å². The van der Waals surface area contributed by atoms with E-state index in [0.29, 0.717) is 25.8 Å². The number of hydrogen-bond donors (Lipinski definition) is 1. The quantitative estimate of drug-likeness (QED) is 0.899. The van der Waals surface area contributed by atoms with Crippen LogP contribution in [-0.4, -0.2) is 71.7 Å². The molecule has 0 amide bonds. The second-order valence-electron chi connectivity index (χ2n) is 8.34. The van der Waals surface area contributed by atoms with E-state index in [9.17, 15) is 5.11 Å². The van der Waals surface area contributed by atoms with Crippen molar-refractivity contribution in [2.45, 2.75) is 50.7 Å². The Morgan fingerprint density at radius 2 is 1.92 bits per heavy atom. The summed E-state index contributed by atoms with van der Waals surface area (Å²) in [5, 5.41) is 19.4. The molecule has 3 heterocycles. The van der Waals surface area contributed by atoms with Crippen LogP contribution in [-0.2, 0) is 10.2 Å². The smallest absolute Gasteiger partial charge is 0.151 e. The van der Waals surface area contributed by atoms with Gasteiger partial charge < -0.3 is 14.7 Å². The summed E-state index contributed by atoms with van der Waals surface area (Å²) in [5.74, 6) is 0.942. The predicted octanol–water partition coefficient (Wildman–Crippen LogP) is 1.44. The first-order valence-corrected chi connectivity index (χ1v) is 8.86. The maximum Gasteiger partial charge on any atom is 0.151 e. The molecule has 0 unspecified atom stereocenters. The molecule has 0 aromatic carbocycles. The fourth-order valence-corrected chi connectivity index (χ4v) is 3.32. The number of anilines is 1. The van der Waals surface area contributed by atoms with Gasteiger partial charge in [0.15, 0.2) is 5.82 Å². The highest BCUT2D eigenvalue weighted by Gasteiger charge is 2.37. The average molecular weight is 334 g/mol. The molecule has 134 valence electrons. The van der Waals surface area contributed by atoms with Crippen molar-refractivity contribution in [1.82, 2.24) is 15.1 Å². The highest BCUT2D eigenvalue weighted by molar-refractivity contribution is 5.42. The van der Waals surface area contributed by atoms with Crippen LogP contribution in [0.1, 0.15) is 39.3 Å². The number of nitrogens with zero attached hydrogens (tertiary/aromatic N) is 4. The Balaban J connectivity index is 1.51. The number of hydrogen-bond acceptors (Lipinski definition) is 6. The minimum Gasteiger partial charge on any atom is -0.388 e. The van der Waals surface area contributed by atoms with Gasteiger partial charge in [-0.3, -0.25) is 4.90 Å². The van der Waals surface area contributed by atoms with Crippen molar-refractivity contribution in [1.29, 1.82) is 0 Å². The fourth-order valence-electron chi connectivity index (χ4n) is 3.32. The van der Waals surface area contributed by atoms with Gasteiger partial charge in [-0.15, -0.1) is 5.10 Å². The molecule has 2 saturated heterocycles. The van der Waals surface area contributed by atoms with Crippen LogP contribution in [0.4, 0.5) is 5.82 Å². The van der Waals surface area contributed by atoms with Gasteiger partial charge in [0.25, 0.3) is 0 Å². The van der Waals surface area contributed by atoms with Gasteiger partial charge in [-0.25, -0.2) is 0 Å². The Bertz CT molecular complexity index is 543. The molecule has 2 aliphatic heterocycles. The van der Waals surface area contributed by atoms with Gasteiger partial charge in [-0.2, -0.15) is 5.10 Å². The Kier molecular flexibility index (Phi) is 4.82. The topological polar surface area (TPSA) is 61.7 Å². The van der Waals surface area contributed by atoms with E-state index in [1.807, 2.05) is 0 Å². The molecule has 1 N–H and O–H groups in total. The molecular formula is C18H30N4O2. The molecule has 2 aliphatic rings. The van der Waals surface area contributed by atoms with E-state index in [4.69, 9.17) is 4.74 Å². The van der Waals surface area contributed by atoms with Gasteiger partial charge in [0, 0.05) is 57.1 Å². The number of aliphatic hydroxyl groups is 1. The maximum atomic E-state index is 10.6. The van der Waals surface area contributed by atoms with Crippen LogP contribution in [0.5, 0.6) is 0 Å². The first kappa shape index (κ1) is 17.6. The Morgan fingerprint density at radius 3 is 2.46 bits per heavy atom. The van der Waals surface area contributed by atoms with Crippen molar-refractivity contribution < 1.29 is 9.84 Å². The molecule has 1 aromatic rings. The third-order valence-corrected chi connectivity index (χ3v) is 5.20. The highest BCUT2D eigenvalue weighted by Crippen LogP contribution is 2.27. The lowest BCUT2D eigenvalue weighted by atomic mass is 9.92. The zero-order chi connectivity index (χ0) is 17.4. The summed E-state index contributed by atoms with van der Waals surface area (Å²) in [6.45, 7) is 10.3. The van der Waals surface area contributed by atoms with E-state index >= 15 is 0 Å². The van der Waals surface area contributed by atoms with Crippen LogP contribution < -0.4 is 4.90 Å². The molecule has 0 bridgehead atoms. The van der Waals surface area contributed by atoms with Gasteiger partial charge in [0.05, 0.1) is 11.3 Å². The van der Waals surface area contributed by atoms with Crippen LogP contribution in [0.15, 0.2) is 12.1 Å². The van der Waals surface area contributed by atoms with Crippen molar-refractivity contribution in [3.05, 3.63) is 17.8 Å². The Labute approximate surface area is 144 Å². The highest BCUT2D eigenvalue weighted by atomic mass is 16.5. The van der Waals surface area contributed by atoms with Gasteiger partial charge in [0.2, 0.25) is 0 Å². The molecule has 3 rings (SSSR count). The molecule has 2 fully saturated rings. The lowest BCUT2D eigenvalue weighted by Crippen LogP contribution is -2.61. The molecule has 1 aromatic heterocycles. The summed E-state index contributed by atoms with van der Waals surface area (Å²) in [6, 6.07) is 4.60. The van der Waals surface area contributed by atoms with Gasteiger partial charge in [-0.1, -0.05) is 20.8 Å². The second-order valence-corrected chi connectivity index (χ2v) is 8.34. The summed E-state index contributed by atoms with van der Waals surface area (Å²) in [6.07, 6.45) is 1.46. The molecule has 6 heteroatoms. The largest absolute Gasteiger partial charge is 0.388 e. The number of aromatic nitrogens is 2. The molecule has 0 aliphatic carbocycles. The van der Waals surface area contributed by atoms with E-state index in [-0.39, 0.29) is 5.41 Å². The van der Waals surface area contributed by atoms with Crippen LogP contribution >= 0.6 is 0 Å². The van der Waals surface area contributed by atoms with Crippen LogP contribution in [0.2, 0.25) is 0 Å². The second kappa shape index (κ2) is 6.58. The minimum absolute atomic E-state index is 0.0301. The number of rotatable bonds is 4. The predicted molar refractivity (Wildman–Crippen MR) is 94.4 cm³/mol. The van der Waals surface area contributed by atoms with E-state index < -0.39 is 5.60 Å². The van der Waals surface area contributed by atoms with Crippen molar-refractivity contribution in [3.63, 3.8) is 0 Å². The molecule has 6 nitrogen and oxygen atoms in total. The van der Waals surface area contributed by atoms with Crippen molar-refractivity contribution >= 4 is 5.82 Å². The Morgan fingerprint density at radius 1 is 1.25 bits per heavy atom. The average Bonchev–Trinajstić information content (AvgIpc) is 2.45. The molecule has 0 atom stereocenters. The summed E-state index contributed by atoms with van der Waals surface area (Å²) < 4.78 is 5.35. The SMILES string of the molecule is CN(CC1(O)CCOCC1)C1CN(c2ccc(C(C)(C)C)nn2)C1. The lowest BCUT2D eigenvalue weighted by Gasteiger charge is -2.47. The van der Waals surface area contributed by atoms with Gasteiger partial charge in [-0.05, 0) is 19.2 Å². The first-order valence-electron chi connectivity index (χ1n) is 8.86. The molecule has 0 saturated carbocycles. The summed E-state index contributed by atoms with van der Waals surface area (Å²) in [4.78, 5) is 4.52. The summed E-state index contributed by atoms with van der Waals surface area (Å²) in [7, 11) is 2.10. The van der Waals surface area contributed by atoms with E-state index in [1.165, 1.54) is 0 Å². The molecular weight excluding hydrogens is 304 g/mol. The van der Waals surface area contributed by atoms with E-state index in [2.05, 4.69) is 59.9 Å². The molecule has 24 heavy (non-hydrogen) atoms. The third kappa shape index (κ3) is 3.87. The molecule has 0 spiro atoms. The zero-order valence-corrected chi connectivity index (χ0v) is 15.3. The molecule has 0 radical (unpaired) electrons. The minimum atomic E-state index is -0.596. The van der Waals surface area contributed by atoms with Crippen molar-refractivity contribution in [3.8, 4) is 0 Å². The van der Waals surface area contributed by atoms with Crippen molar-refractivity contribution in [2.75, 3.05) is 44.8 Å². The standard InChI is InChI=1S/C18H30N4O2/c1-17(2,3)15-5-6-16(20-19-15)22-11-14(12-22)21(4)13-18(23)7-9-24-10-8-18/h5-6,14,23H,7-13H2,1-4H3. The number of ether oxygens (including phenoxy) is 1. The summed E-state index contributed by atoms with van der Waals surface area (Å²) >= 11 is 0. The normalized spacial score (nSPS) is 21.8. The maximum absolute atomic E-state index is 10.6. The van der Waals surface area contributed by atoms with Crippen LogP contribution in [0, 0.1) is 0 Å². The monoisotopic (exact) mass is 334 g/mol. The van der Waals surface area contributed by atoms with E-state index in [1.54, 1.807) is 0 Å². The van der Waals surface area contributed by atoms with Crippen LogP contribution in [0.25, 0.3) is 0 Å². The van der Waals surface area contributed by atoms with Gasteiger partial charge in [0.1, 0.15) is 0 Å². The van der Waals surface area contributed by atoms with Gasteiger partial charge >= 0.3 is 0 Å². The first-order chi connectivity index (χ1) is 11.3. The third-order valence-electron chi connectivity index (χ3n) is 5.20. The Hall–Kier alpha value is -1.24. The fraction of sp³-hybridized carbons (Fsp3) is 0.778.